The molecule has 2 atom stereocenters. The van der Waals surface area contributed by atoms with E-state index >= 15 is 0 Å². The van der Waals surface area contributed by atoms with Crippen LogP contribution in [-0.2, 0) is 0 Å². The van der Waals surface area contributed by atoms with Crippen molar-refractivity contribution in [3.63, 3.8) is 0 Å². The molecular weight excluding hydrogens is 186 g/mol. The lowest BCUT2D eigenvalue weighted by Crippen LogP contribution is -2.37. The van der Waals surface area contributed by atoms with Crippen LogP contribution in [0.3, 0.4) is 0 Å². The predicted octanol–water partition coefficient (Wildman–Crippen LogP) is 1.01. The van der Waals surface area contributed by atoms with E-state index < -0.39 is 0 Å². The first-order chi connectivity index (χ1) is 7.17. The topological polar surface area (TPSA) is 18.5 Å². The van der Waals surface area contributed by atoms with E-state index in [-0.39, 0.29) is 0 Å². The molecule has 1 N–H and O–H groups in total. The van der Waals surface area contributed by atoms with Gasteiger partial charge in [-0.25, -0.2) is 0 Å². The fourth-order valence-corrected chi connectivity index (χ4v) is 2.41. The molecule has 0 aromatic rings. The van der Waals surface area contributed by atoms with Crippen molar-refractivity contribution in [1.29, 1.82) is 0 Å². The van der Waals surface area contributed by atoms with E-state index in [1.54, 1.807) is 0 Å². The molecule has 0 aromatic heterocycles. The summed E-state index contributed by atoms with van der Waals surface area (Å²) in [5.74, 6) is 0. The molecule has 3 nitrogen and oxygen atoms in total. The van der Waals surface area contributed by atoms with E-state index in [9.17, 15) is 0 Å². The summed E-state index contributed by atoms with van der Waals surface area (Å²) in [6.45, 7) is 6.03. The first kappa shape index (κ1) is 12.9. The third-order valence-electron chi connectivity index (χ3n) is 3.53. The zero-order chi connectivity index (χ0) is 11.3. The van der Waals surface area contributed by atoms with Crippen molar-refractivity contribution in [3.05, 3.63) is 0 Å². The van der Waals surface area contributed by atoms with Gasteiger partial charge in [-0.1, -0.05) is 6.92 Å². The Kier molecular flexibility index (Phi) is 5.58. The Hall–Kier alpha value is -0.120. The van der Waals surface area contributed by atoms with E-state index in [2.05, 4.69) is 43.2 Å². The van der Waals surface area contributed by atoms with Crippen LogP contribution in [0.2, 0.25) is 0 Å². The molecule has 90 valence electrons. The zero-order valence-electron chi connectivity index (χ0n) is 10.8. The summed E-state index contributed by atoms with van der Waals surface area (Å²) < 4.78 is 0. The van der Waals surface area contributed by atoms with E-state index in [0.29, 0.717) is 0 Å². The summed E-state index contributed by atoms with van der Waals surface area (Å²) in [5, 5.41) is 3.39. The third-order valence-corrected chi connectivity index (χ3v) is 3.53. The lowest BCUT2D eigenvalue weighted by Gasteiger charge is -2.28. The highest BCUT2D eigenvalue weighted by molar-refractivity contribution is 4.84. The fourth-order valence-electron chi connectivity index (χ4n) is 2.41. The molecule has 15 heavy (non-hydrogen) atoms. The summed E-state index contributed by atoms with van der Waals surface area (Å²) in [6, 6.07) is 1.50. The zero-order valence-corrected chi connectivity index (χ0v) is 10.8. The standard InChI is InChI=1S/C12H27N3/c1-5-12(7-8-14(3)4)15-9-6-11(10-15)13-2/h11-13H,5-10H2,1-4H3/t11-,12?/m1/s1. The molecular formula is C12H27N3. The highest BCUT2D eigenvalue weighted by atomic mass is 15.2. The minimum absolute atomic E-state index is 0.721. The molecule has 1 aliphatic rings. The number of nitrogens with one attached hydrogen (secondary N) is 1. The van der Waals surface area contributed by atoms with Crippen LogP contribution in [-0.4, -0.2) is 62.7 Å². The van der Waals surface area contributed by atoms with Gasteiger partial charge in [0.1, 0.15) is 0 Å². The summed E-state index contributed by atoms with van der Waals surface area (Å²) >= 11 is 0. The normalized spacial score (nSPS) is 25.0. The number of likely N-dealkylation sites (tertiary alicyclic amines) is 1. The summed E-state index contributed by atoms with van der Waals surface area (Å²) in [6.07, 6.45) is 3.90. The highest BCUT2D eigenvalue weighted by Gasteiger charge is 2.25. The molecule has 1 rings (SSSR count). The van der Waals surface area contributed by atoms with Crippen LogP contribution < -0.4 is 5.32 Å². The van der Waals surface area contributed by atoms with Gasteiger partial charge >= 0.3 is 0 Å². The van der Waals surface area contributed by atoms with Crippen molar-refractivity contribution >= 4 is 0 Å². The third kappa shape index (κ3) is 4.09. The van der Waals surface area contributed by atoms with Crippen LogP contribution in [0.15, 0.2) is 0 Å². The molecule has 0 spiro atoms. The first-order valence-electron chi connectivity index (χ1n) is 6.23. The van der Waals surface area contributed by atoms with Crippen LogP contribution >= 0.6 is 0 Å². The maximum atomic E-state index is 3.39. The molecule has 0 amide bonds. The Balaban J connectivity index is 2.32. The molecule has 0 saturated carbocycles. The molecule has 1 fully saturated rings. The Morgan fingerprint density at radius 1 is 1.47 bits per heavy atom. The summed E-state index contributed by atoms with van der Waals surface area (Å²) in [4.78, 5) is 4.94. The molecule has 1 saturated heterocycles. The van der Waals surface area contributed by atoms with Crippen molar-refractivity contribution in [2.24, 2.45) is 0 Å². The van der Waals surface area contributed by atoms with Gasteiger partial charge in [0.25, 0.3) is 0 Å². The Labute approximate surface area is 94.8 Å². The average Bonchev–Trinajstić information content (AvgIpc) is 2.67. The SMILES string of the molecule is CCC(CCN(C)C)N1CC[C@@H](NC)C1. The fraction of sp³-hybridized carbons (Fsp3) is 1.00. The largest absolute Gasteiger partial charge is 0.316 e. The minimum atomic E-state index is 0.721. The molecule has 3 heteroatoms. The van der Waals surface area contributed by atoms with E-state index in [1.165, 1.54) is 38.9 Å². The van der Waals surface area contributed by atoms with Crippen LogP contribution in [0.25, 0.3) is 0 Å². The maximum absolute atomic E-state index is 3.39. The molecule has 1 aliphatic heterocycles. The van der Waals surface area contributed by atoms with Crippen LogP contribution in [0.1, 0.15) is 26.2 Å². The Bertz CT molecular complexity index is 170. The average molecular weight is 213 g/mol. The predicted molar refractivity (Wildman–Crippen MR) is 66.3 cm³/mol. The maximum Gasteiger partial charge on any atom is 0.0204 e. The second kappa shape index (κ2) is 6.46. The monoisotopic (exact) mass is 213 g/mol. The van der Waals surface area contributed by atoms with Crippen molar-refractivity contribution in [1.82, 2.24) is 15.1 Å². The van der Waals surface area contributed by atoms with E-state index in [1.807, 2.05) is 0 Å². The molecule has 1 unspecified atom stereocenters. The molecule has 0 bridgehead atoms. The van der Waals surface area contributed by atoms with Crippen molar-refractivity contribution in [3.8, 4) is 0 Å². The Morgan fingerprint density at radius 3 is 2.67 bits per heavy atom. The Morgan fingerprint density at radius 2 is 2.20 bits per heavy atom. The van der Waals surface area contributed by atoms with Gasteiger partial charge in [-0.15, -0.1) is 0 Å². The van der Waals surface area contributed by atoms with Crippen LogP contribution in [0.5, 0.6) is 0 Å². The van der Waals surface area contributed by atoms with Gasteiger partial charge < -0.3 is 10.2 Å². The highest BCUT2D eigenvalue weighted by Crippen LogP contribution is 2.17. The van der Waals surface area contributed by atoms with E-state index in [4.69, 9.17) is 0 Å². The first-order valence-corrected chi connectivity index (χ1v) is 6.23. The van der Waals surface area contributed by atoms with E-state index in [0.717, 1.165) is 12.1 Å². The number of hydrogen-bond donors (Lipinski definition) is 1. The van der Waals surface area contributed by atoms with Gasteiger partial charge in [0.15, 0.2) is 0 Å². The lowest BCUT2D eigenvalue weighted by atomic mass is 10.1. The molecule has 0 aromatic carbocycles. The number of likely N-dealkylation sites (N-methyl/N-ethyl adjacent to an activating group) is 1. The van der Waals surface area contributed by atoms with Gasteiger partial charge in [-0.05, 0) is 47.0 Å². The second-order valence-corrected chi connectivity index (χ2v) is 4.92. The smallest absolute Gasteiger partial charge is 0.0204 e. The van der Waals surface area contributed by atoms with Crippen LogP contribution in [0, 0.1) is 0 Å². The van der Waals surface area contributed by atoms with Gasteiger partial charge in [-0.2, -0.15) is 0 Å². The minimum Gasteiger partial charge on any atom is -0.316 e. The van der Waals surface area contributed by atoms with Crippen molar-refractivity contribution < 1.29 is 0 Å². The quantitative estimate of drug-likeness (QED) is 0.710. The number of rotatable bonds is 6. The van der Waals surface area contributed by atoms with Gasteiger partial charge in [0.05, 0.1) is 0 Å². The van der Waals surface area contributed by atoms with Gasteiger partial charge in [0.2, 0.25) is 0 Å². The van der Waals surface area contributed by atoms with Gasteiger partial charge in [-0.3, -0.25) is 4.90 Å². The second-order valence-electron chi connectivity index (χ2n) is 4.92. The van der Waals surface area contributed by atoms with Crippen LogP contribution in [0.4, 0.5) is 0 Å². The van der Waals surface area contributed by atoms with Crippen molar-refractivity contribution in [2.45, 2.75) is 38.3 Å². The molecule has 0 radical (unpaired) electrons. The molecule has 0 aliphatic carbocycles. The summed E-state index contributed by atoms with van der Waals surface area (Å²) in [7, 11) is 6.40. The summed E-state index contributed by atoms with van der Waals surface area (Å²) in [5.41, 5.74) is 0. The number of nitrogens with zero attached hydrogens (tertiary/aromatic N) is 2. The van der Waals surface area contributed by atoms with Gasteiger partial charge in [0, 0.05) is 25.2 Å². The molecule has 1 heterocycles. The van der Waals surface area contributed by atoms with Crippen molar-refractivity contribution in [2.75, 3.05) is 40.8 Å². The number of hydrogen-bond acceptors (Lipinski definition) is 3. The lowest BCUT2D eigenvalue weighted by molar-refractivity contribution is 0.203.